The molecule has 2 amide bonds. The van der Waals surface area contributed by atoms with Crippen molar-refractivity contribution in [2.24, 2.45) is 11.8 Å². The molecule has 0 bridgehead atoms. The number of amides is 2. The summed E-state index contributed by atoms with van der Waals surface area (Å²) < 4.78 is 0. The third-order valence-corrected chi connectivity index (χ3v) is 3.56. The maximum atomic E-state index is 12.3. The average molecular weight is 261 g/mol. The van der Waals surface area contributed by atoms with E-state index < -0.39 is 0 Å². The van der Waals surface area contributed by atoms with Gasteiger partial charge in [-0.1, -0.05) is 17.7 Å². The van der Waals surface area contributed by atoms with Crippen LogP contribution in [0.15, 0.2) is 24.3 Å². The first-order chi connectivity index (χ1) is 9.11. The largest absolute Gasteiger partial charge is 0.339 e. The van der Waals surface area contributed by atoms with Crippen molar-refractivity contribution in [3.8, 4) is 0 Å². The smallest absolute Gasteiger partial charge is 0.253 e. The topological polar surface area (TPSA) is 75.4 Å². The Morgan fingerprint density at radius 1 is 1.32 bits per heavy atom. The molecule has 5 nitrogen and oxygen atoms in total. The second kappa shape index (κ2) is 5.84. The molecule has 1 fully saturated rings. The number of likely N-dealkylation sites (tertiary alicyclic amines) is 1. The van der Waals surface area contributed by atoms with E-state index in [1.165, 1.54) is 0 Å². The van der Waals surface area contributed by atoms with Gasteiger partial charge in [-0.25, -0.2) is 5.84 Å². The minimum Gasteiger partial charge on any atom is -0.339 e. The summed E-state index contributed by atoms with van der Waals surface area (Å²) in [4.78, 5) is 25.5. The van der Waals surface area contributed by atoms with Gasteiger partial charge in [-0.15, -0.1) is 0 Å². The van der Waals surface area contributed by atoms with Crippen LogP contribution >= 0.6 is 0 Å². The Balaban J connectivity index is 1.98. The van der Waals surface area contributed by atoms with Crippen molar-refractivity contribution in [3.63, 3.8) is 0 Å². The molecule has 2 rings (SSSR count). The Morgan fingerprint density at radius 3 is 2.58 bits per heavy atom. The molecule has 0 saturated carbocycles. The third kappa shape index (κ3) is 3.12. The van der Waals surface area contributed by atoms with Gasteiger partial charge in [0, 0.05) is 24.6 Å². The quantitative estimate of drug-likeness (QED) is 0.470. The Kier molecular flexibility index (Phi) is 4.16. The van der Waals surface area contributed by atoms with Crippen LogP contribution in [0.4, 0.5) is 0 Å². The second-order valence-electron chi connectivity index (χ2n) is 4.94. The van der Waals surface area contributed by atoms with Crippen molar-refractivity contribution in [1.29, 1.82) is 0 Å². The molecule has 3 N–H and O–H groups in total. The number of carbonyl (C=O) groups is 2. The molecule has 1 aromatic rings. The highest BCUT2D eigenvalue weighted by Crippen LogP contribution is 2.19. The first-order valence-corrected chi connectivity index (χ1v) is 6.48. The molecule has 1 saturated heterocycles. The van der Waals surface area contributed by atoms with Gasteiger partial charge in [0.25, 0.3) is 5.91 Å². The van der Waals surface area contributed by atoms with Gasteiger partial charge in [-0.05, 0) is 31.9 Å². The van der Waals surface area contributed by atoms with Gasteiger partial charge < -0.3 is 4.90 Å². The number of benzene rings is 1. The minimum absolute atomic E-state index is 0.0373. The van der Waals surface area contributed by atoms with Gasteiger partial charge in [-0.3, -0.25) is 15.0 Å². The van der Waals surface area contributed by atoms with Crippen LogP contribution in [0.25, 0.3) is 0 Å². The van der Waals surface area contributed by atoms with Crippen LogP contribution < -0.4 is 11.3 Å². The molecular weight excluding hydrogens is 242 g/mol. The van der Waals surface area contributed by atoms with Gasteiger partial charge in [0.1, 0.15) is 0 Å². The van der Waals surface area contributed by atoms with E-state index in [1.807, 2.05) is 31.2 Å². The monoisotopic (exact) mass is 261 g/mol. The number of nitrogens with one attached hydrogen (secondary N) is 1. The highest BCUT2D eigenvalue weighted by Gasteiger charge is 2.27. The van der Waals surface area contributed by atoms with E-state index in [0.29, 0.717) is 31.5 Å². The number of piperidine rings is 1. The summed E-state index contributed by atoms with van der Waals surface area (Å²) in [7, 11) is 0. The number of hydrogen-bond donors (Lipinski definition) is 2. The lowest BCUT2D eigenvalue weighted by molar-refractivity contribution is -0.126. The van der Waals surface area contributed by atoms with E-state index in [0.717, 1.165) is 5.56 Å². The first kappa shape index (κ1) is 13.5. The normalized spacial score (nSPS) is 16.2. The molecule has 1 aliphatic rings. The molecule has 102 valence electrons. The highest BCUT2D eigenvalue weighted by atomic mass is 16.2. The summed E-state index contributed by atoms with van der Waals surface area (Å²) in [6.07, 6.45) is 1.33. The van der Waals surface area contributed by atoms with Crippen molar-refractivity contribution in [2.75, 3.05) is 13.1 Å². The van der Waals surface area contributed by atoms with Gasteiger partial charge in [0.2, 0.25) is 5.91 Å². The highest BCUT2D eigenvalue weighted by molar-refractivity contribution is 5.94. The van der Waals surface area contributed by atoms with Crippen LogP contribution in [0.5, 0.6) is 0 Å². The SMILES string of the molecule is Cc1cccc(C(=O)N2CCC(C(=O)NN)CC2)c1. The van der Waals surface area contributed by atoms with Crippen molar-refractivity contribution in [2.45, 2.75) is 19.8 Å². The van der Waals surface area contributed by atoms with Crippen LogP contribution in [-0.2, 0) is 4.79 Å². The van der Waals surface area contributed by atoms with Crippen molar-refractivity contribution in [3.05, 3.63) is 35.4 Å². The maximum absolute atomic E-state index is 12.3. The second-order valence-corrected chi connectivity index (χ2v) is 4.94. The van der Waals surface area contributed by atoms with Crippen molar-refractivity contribution >= 4 is 11.8 Å². The standard InChI is InChI=1S/C14H19N3O2/c1-10-3-2-4-12(9-10)14(19)17-7-5-11(6-8-17)13(18)16-15/h2-4,9,11H,5-8,15H2,1H3,(H,16,18). The molecule has 0 spiro atoms. The zero-order valence-electron chi connectivity index (χ0n) is 11.1. The summed E-state index contributed by atoms with van der Waals surface area (Å²) in [5.41, 5.74) is 3.96. The molecule has 1 aliphatic heterocycles. The molecule has 0 unspecified atom stereocenters. The van der Waals surface area contributed by atoms with Crippen LogP contribution in [0, 0.1) is 12.8 Å². The number of aryl methyl sites for hydroxylation is 1. The zero-order valence-corrected chi connectivity index (χ0v) is 11.1. The fraction of sp³-hybridized carbons (Fsp3) is 0.429. The number of rotatable bonds is 2. The first-order valence-electron chi connectivity index (χ1n) is 6.48. The van der Waals surface area contributed by atoms with E-state index in [4.69, 9.17) is 5.84 Å². The lowest BCUT2D eigenvalue weighted by Gasteiger charge is -2.31. The van der Waals surface area contributed by atoms with Gasteiger partial charge in [-0.2, -0.15) is 0 Å². The number of hydrazine groups is 1. The van der Waals surface area contributed by atoms with Crippen LogP contribution in [-0.4, -0.2) is 29.8 Å². The molecule has 0 aromatic heterocycles. The fourth-order valence-electron chi connectivity index (χ4n) is 2.42. The Labute approximate surface area is 112 Å². The summed E-state index contributed by atoms with van der Waals surface area (Å²) in [6, 6.07) is 7.57. The Bertz CT molecular complexity index is 479. The van der Waals surface area contributed by atoms with Gasteiger partial charge in [0.05, 0.1) is 0 Å². The number of nitrogens with zero attached hydrogens (tertiary/aromatic N) is 1. The zero-order chi connectivity index (χ0) is 13.8. The summed E-state index contributed by atoms with van der Waals surface area (Å²) in [6.45, 7) is 3.17. The summed E-state index contributed by atoms with van der Waals surface area (Å²) in [5.74, 6) is 4.95. The third-order valence-electron chi connectivity index (χ3n) is 3.56. The van der Waals surface area contributed by atoms with Crippen LogP contribution in [0.1, 0.15) is 28.8 Å². The fourth-order valence-corrected chi connectivity index (χ4v) is 2.42. The molecular formula is C14H19N3O2. The van der Waals surface area contributed by atoms with E-state index in [9.17, 15) is 9.59 Å². The summed E-state index contributed by atoms with van der Waals surface area (Å²) in [5, 5.41) is 0. The lowest BCUT2D eigenvalue weighted by Crippen LogP contribution is -2.44. The predicted octanol–water partition coefficient (Wildman–Crippen LogP) is 0.837. The predicted molar refractivity (Wildman–Crippen MR) is 72.1 cm³/mol. The van der Waals surface area contributed by atoms with E-state index >= 15 is 0 Å². The average Bonchev–Trinajstić information content (AvgIpc) is 2.46. The minimum atomic E-state index is -0.136. The molecule has 1 aromatic carbocycles. The van der Waals surface area contributed by atoms with E-state index in [-0.39, 0.29) is 17.7 Å². The number of carbonyl (C=O) groups excluding carboxylic acids is 2. The van der Waals surface area contributed by atoms with Gasteiger partial charge >= 0.3 is 0 Å². The molecule has 0 atom stereocenters. The summed E-state index contributed by atoms with van der Waals surface area (Å²) >= 11 is 0. The molecule has 1 heterocycles. The Hall–Kier alpha value is -1.88. The molecule has 0 aliphatic carbocycles. The molecule has 19 heavy (non-hydrogen) atoms. The van der Waals surface area contributed by atoms with Crippen molar-refractivity contribution in [1.82, 2.24) is 10.3 Å². The van der Waals surface area contributed by atoms with Gasteiger partial charge in [0.15, 0.2) is 0 Å². The Morgan fingerprint density at radius 2 is 2.00 bits per heavy atom. The van der Waals surface area contributed by atoms with E-state index in [2.05, 4.69) is 5.43 Å². The van der Waals surface area contributed by atoms with Crippen LogP contribution in [0.2, 0.25) is 0 Å². The number of hydrogen-bond acceptors (Lipinski definition) is 3. The lowest BCUT2D eigenvalue weighted by atomic mass is 9.95. The maximum Gasteiger partial charge on any atom is 0.253 e. The van der Waals surface area contributed by atoms with Crippen molar-refractivity contribution < 1.29 is 9.59 Å². The molecule has 0 radical (unpaired) electrons. The number of nitrogens with two attached hydrogens (primary N) is 1. The van der Waals surface area contributed by atoms with E-state index in [1.54, 1.807) is 4.90 Å². The molecule has 5 heteroatoms. The van der Waals surface area contributed by atoms with Crippen LogP contribution in [0.3, 0.4) is 0 Å².